The first-order valence-corrected chi connectivity index (χ1v) is 9.37. The van der Waals surface area contributed by atoms with Crippen molar-refractivity contribution in [3.05, 3.63) is 16.2 Å². The number of nitrogens with zero attached hydrogens (tertiary/aromatic N) is 2. The number of thioether (sulfide) groups is 1. The number of aryl methyl sites for hydroxylation is 1. The zero-order valence-corrected chi connectivity index (χ0v) is 14.0. The van der Waals surface area contributed by atoms with Crippen LogP contribution in [0.5, 0.6) is 0 Å². The molecule has 3 nitrogen and oxygen atoms in total. The average Bonchev–Trinajstić information content (AvgIpc) is 2.79. The second-order valence-electron chi connectivity index (χ2n) is 5.28. The van der Waals surface area contributed by atoms with Crippen molar-refractivity contribution in [1.29, 1.82) is 0 Å². The SMILES string of the molecule is CSC1CCCC(Nc2nc(Cl)nc3sc(C)cc23)C1. The number of halogens is 1. The lowest BCUT2D eigenvalue weighted by molar-refractivity contribution is 0.473. The quantitative estimate of drug-likeness (QED) is 0.826. The standard InChI is InChI=1S/C14H18ClN3S2/c1-8-6-11-12(17-14(15)18-13(11)20-8)16-9-4-3-5-10(7-9)19-2/h6,9-10H,3-5,7H2,1-2H3,(H,16,17,18). The van der Waals surface area contributed by atoms with Gasteiger partial charge >= 0.3 is 0 Å². The number of hydrogen-bond donors (Lipinski definition) is 1. The van der Waals surface area contributed by atoms with Gasteiger partial charge in [-0.05, 0) is 50.1 Å². The van der Waals surface area contributed by atoms with E-state index in [1.165, 1.54) is 30.6 Å². The van der Waals surface area contributed by atoms with Crippen LogP contribution in [0.25, 0.3) is 10.2 Å². The number of fused-ring (bicyclic) bond motifs is 1. The molecule has 1 fully saturated rings. The summed E-state index contributed by atoms with van der Waals surface area (Å²) >= 11 is 9.69. The highest BCUT2D eigenvalue weighted by Gasteiger charge is 2.22. The second kappa shape index (κ2) is 6.08. The van der Waals surface area contributed by atoms with Crippen molar-refractivity contribution in [2.75, 3.05) is 11.6 Å². The van der Waals surface area contributed by atoms with Crippen molar-refractivity contribution in [1.82, 2.24) is 9.97 Å². The lowest BCUT2D eigenvalue weighted by Crippen LogP contribution is -2.29. The van der Waals surface area contributed by atoms with Gasteiger partial charge in [-0.3, -0.25) is 0 Å². The largest absolute Gasteiger partial charge is 0.367 e. The lowest BCUT2D eigenvalue weighted by Gasteiger charge is -2.29. The van der Waals surface area contributed by atoms with E-state index < -0.39 is 0 Å². The van der Waals surface area contributed by atoms with Gasteiger partial charge in [0.2, 0.25) is 5.28 Å². The van der Waals surface area contributed by atoms with E-state index in [0.29, 0.717) is 11.3 Å². The monoisotopic (exact) mass is 327 g/mol. The first-order chi connectivity index (χ1) is 9.65. The van der Waals surface area contributed by atoms with E-state index >= 15 is 0 Å². The molecule has 0 bridgehead atoms. The van der Waals surface area contributed by atoms with Gasteiger partial charge in [-0.1, -0.05) is 6.42 Å². The molecule has 0 aromatic carbocycles. The van der Waals surface area contributed by atoms with Gasteiger partial charge in [0.15, 0.2) is 0 Å². The molecule has 2 heterocycles. The highest BCUT2D eigenvalue weighted by atomic mass is 35.5. The van der Waals surface area contributed by atoms with E-state index in [9.17, 15) is 0 Å². The summed E-state index contributed by atoms with van der Waals surface area (Å²) in [5.74, 6) is 0.899. The summed E-state index contributed by atoms with van der Waals surface area (Å²) in [5.41, 5.74) is 0. The molecule has 6 heteroatoms. The highest BCUT2D eigenvalue weighted by Crippen LogP contribution is 2.33. The summed E-state index contributed by atoms with van der Waals surface area (Å²) in [6.45, 7) is 2.09. The van der Waals surface area contributed by atoms with Crippen LogP contribution in [0, 0.1) is 6.92 Å². The minimum Gasteiger partial charge on any atom is -0.367 e. The molecule has 0 radical (unpaired) electrons. The maximum absolute atomic E-state index is 6.05. The maximum Gasteiger partial charge on any atom is 0.225 e. The van der Waals surface area contributed by atoms with Crippen molar-refractivity contribution in [3.8, 4) is 0 Å². The highest BCUT2D eigenvalue weighted by molar-refractivity contribution is 7.99. The number of rotatable bonds is 3. The number of hydrogen-bond acceptors (Lipinski definition) is 5. The average molecular weight is 328 g/mol. The van der Waals surface area contributed by atoms with Gasteiger partial charge in [0.05, 0.1) is 5.39 Å². The molecule has 1 saturated carbocycles. The first kappa shape index (κ1) is 14.4. The Kier molecular flexibility index (Phi) is 4.38. The van der Waals surface area contributed by atoms with Crippen molar-refractivity contribution in [2.24, 2.45) is 0 Å². The Morgan fingerprint density at radius 3 is 3.05 bits per heavy atom. The van der Waals surface area contributed by atoms with Crippen LogP contribution in [0.3, 0.4) is 0 Å². The van der Waals surface area contributed by atoms with Crippen molar-refractivity contribution in [3.63, 3.8) is 0 Å². The third-order valence-corrected chi connectivity index (χ3v) is 6.00. The van der Waals surface area contributed by atoms with Crippen molar-refractivity contribution >= 4 is 50.7 Å². The van der Waals surface area contributed by atoms with Crippen LogP contribution in [0.4, 0.5) is 5.82 Å². The minimum absolute atomic E-state index is 0.332. The van der Waals surface area contributed by atoms with Crippen LogP contribution in [-0.4, -0.2) is 27.5 Å². The zero-order chi connectivity index (χ0) is 14.1. The molecule has 0 spiro atoms. The van der Waals surface area contributed by atoms with Crippen molar-refractivity contribution in [2.45, 2.75) is 43.9 Å². The summed E-state index contributed by atoms with van der Waals surface area (Å²) in [6.07, 6.45) is 7.23. The molecule has 0 aliphatic heterocycles. The van der Waals surface area contributed by atoms with E-state index in [1.807, 2.05) is 11.8 Å². The predicted octanol–water partition coefficient (Wildman–Crippen LogP) is 4.74. The second-order valence-corrected chi connectivity index (χ2v) is 7.99. The van der Waals surface area contributed by atoms with Gasteiger partial charge in [-0.15, -0.1) is 11.3 Å². The van der Waals surface area contributed by atoms with Gasteiger partial charge < -0.3 is 5.32 Å². The Bertz CT molecular complexity index is 614. The zero-order valence-electron chi connectivity index (χ0n) is 11.6. The molecule has 1 aliphatic carbocycles. The molecule has 2 aromatic rings. The molecule has 2 unspecified atom stereocenters. The normalized spacial score (nSPS) is 23.1. The number of anilines is 1. The Balaban J connectivity index is 1.86. The molecule has 3 rings (SSSR count). The Labute approximate surface area is 132 Å². The summed E-state index contributed by atoms with van der Waals surface area (Å²) in [5, 5.41) is 5.80. The van der Waals surface area contributed by atoms with E-state index in [1.54, 1.807) is 11.3 Å². The van der Waals surface area contributed by atoms with Crippen LogP contribution >= 0.6 is 34.7 Å². The smallest absolute Gasteiger partial charge is 0.225 e. The van der Waals surface area contributed by atoms with Gasteiger partial charge in [0, 0.05) is 16.2 Å². The minimum atomic E-state index is 0.332. The summed E-state index contributed by atoms with van der Waals surface area (Å²) in [6, 6.07) is 2.64. The van der Waals surface area contributed by atoms with Crippen LogP contribution in [0.1, 0.15) is 30.6 Å². The first-order valence-electron chi connectivity index (χ1n) is 6.88. The third-order valence-electron chi connectivity index (χ3n) is 3.79. The Morgan fingerprint density at radius 2 is 2.25 bits per heavy atom. The fraction of sp³-hybridized carbons (Fsp3) is 0.571. The van der Waals surface area contributed by atoms with Crippen molar-refractivity contribution < 1.29 is 0 Å². The third kappa shape index (κ3) is 3.05. The molecule has 108 valence electrons. The summed E-state index contributed by atoms with van der Waals surface area (Å²) < 4.78 is 0. The van der Waals surface area contributed by atoms with E-state index in [-0.39, 0.29) is 0 Å². The number of aromatic nitrogens is 2. The molecular formula is C14H18ClN3S2. The molecule has 0 saturated heterocycles. The van der Waals surface area contributed by atoms with Crippen LogP contribution in [0.15, 0.2) is 6.07 Å². The van der Waals surface area contributed by atoms with Gasteiger partial charge in [-0.25, -0.2) is 9.97 Å². The van der Waals surface area contributed by atoms with E-state index in [2.05, 4.69) is 34.5 Å². The van der Waals surface area contributed by atoms with E-state index in [0.717, 1.165) is 21.3 Å². The fourth-order valence-corrected chi connectivity index (χ4v) is 4.74. The number of thiophene rings is 1. The van der Waals surface area contributed by atoms with Gasteiger partial charge in [0.1, 0.15) is 10.6 Å². The lowest BCUT2D eigenvalue weighted by atomic mass is 9.95. The maximum atomic E-state index is 6.05. The van der Waals surface area contributed by atoms with Gasteiger partial charge in [-0.2, -0.15) is 11.8 Å². The van der Waals surface area contributed by atoms with Crippen LogP contribution < -0.4 is 5.32 Å². The number of nitrogens with one attached hydrogen (secondary N) is 1. The predicted molar refractivity (Wildman–Crippen MR) is 90.3 cm³/mol. The van der Waals surface area contributed by atoms with Gasteiger partial charge in [0.25, 0.3) is 0 Å². The van der Waals surface area contributed by atoms with Crippen LogP contribution in [-0.2, 0) is 0 Å². The molecule has 0 amide bonds. The Hall–Kier alpha value is -0.520. The van der Waals surface area contributed by atoms with E-state index in [4.69, 9.17) is 11.6 Å². The topological polar surface area (TPSA) is 37.8 Å². The summed E-state index contributed by atoms with van der Waals surface area (Å²) in [4.78, 5) is 10.9. The molecular weight excluding hydrogens is 310 g/mol. The molecule has 20 heavy (non-hydrogen) atoms. The molecule has 1 N–H and O–H groups in total. The molecule has 1 aliphatic rings. The Morgan fingerprint density at radius 1 is 1.40 bits per heavy atom. The summed E-state index contributed by atoms with van der Waals surface area (Å²) in [7, 11) is 0. The molecule has 2 atom stereocenters. The molecule has 2 aromatic heterocycles. The van der Waals surface area contributed by atoms with Crippen LogP contribution in [0.2, 0.25) is 5.28 Å². The fourth-order valence-electron chi connectivity index (χ4n) is 2.81.